The van der Waals surface area contributed by atoms with Gasteiger partial charge in [-0.2, -0.15) is 0 Å². The number of phenolic OH excluding ortho intramolecular Hbond substituents is 1. The van der Waals surface area contributed by atoms with Crippen molar-refractivity contribution in [2.75, 3.05) is 7.11 Å². The van der Waals surface area contributed by atoms with Gasteiger partial charge in [-0.25, -0.2) is 4.98 Å². The number of ether oxygens (including phenoxy) is 1. The Bertz CT molecular complexity index is 766. The van der Waals surface area contributed by atoms with Gasteiger partial charge in [0.25, 0.3) is 5.56 Å². The Labute approximate surface area is 136 Å². The first-order chi connectivity index (χ1) is 10.4. The lowest BCUT2D eigenvalue weighted by Crippen LogP contribution is -2.12. The molecule has 2 aromatic rings. The molecule has 0 bridgehead atoms. The highest BCUT2D eigenvalue weighted by molar-refractivity contribution is 9.10. The third kappa shape index (κ3) is 3.76. The fraction of sp³-hybridized carbons (Fsp3) is 0.250. The lowest BCUT2D eigenvalue weighted by molar-refractivity contribution is 0.373. The molecule has 5 nitrogen and oxygen atoms in total. The highest BCUT2D eigenvalue weighted by atomic mass is 79.9. The minimum atomic E-state index is -0.185. The van der Waals surface area contributed by atoms with Crippen LogP contribution in [0.5, 0.6) is 11.5 Å². The van der Waals surface area contributed by atoms with Crippen LogP contribution >= 0.6 is 15.9 Å². The third-order valence-corrected chi connectivity index (χ3v) is 3.75. The van der Waals surface area contributed by atoms with E-state index in [0.717, 1.165) is 10.0 Å². The summed E-state index contributed by atoms with van der Waals surface area (Å²) in [4.78, 5) is 18.7. The predicted molar refractivity (Wildman–Crippen MR) is 90.2 cm³/mol. The van der Waals surface area contributed by atoms with E-state index in [1.54, 1.807) is 24.3 Å². The molecule has 0 aliphatic carbocycles. The van der Waals surface area contributed by atoms with Crippen LogP contribution < -0.4 is 10.3 Å². The summed E-state index contributed by atoms with van der Waals surface area (Å²) in [7, 11) is 1.49. The van der Waals surface area contributed by atoms with Crippen LogP contribution in [0, 0.1) is 0 Å². The van der Waals surface area contributed by atoms with Crippen LogP contribution in [0.4, 0.5) is 0 Å². The Morgan fingerprint density at radius 2 is 2.05 bits per heavy atom. The number of phenols is 1. The molecule has 116 valence electrons. The molecule has 0 saturated heterocycles. The number of benzene rings is 1. The van der Waals surface area contributed by atoms with Crippen molar-refractivity contribution in [3.05, 3.63) is 50.1 Å². The predicted octanol–water partition coefficient (Wildman–Crippen LogP) is 3.54. The summed E-state index contributed by atoms with van der Waals surface area (Å²) in [6, 6.07) is 4.69. The second-order valence-electron chi connectivity index (χ2n) is 5.09. The maximum Gasteiger partial charge on any atom is 0.251 e. The van der Waals surface area contributed by atoms with Crippen molar-refractivity contribution in [2.24, 2.45) is 0 Å². The number of aromatic amines is 1. The number of hydrogen-bond donors (Lipinski definition) is 2. The first kappa shape index (κ1) is 16.3. The molecule has 0 radical (unpaired) electrons. The van der Waals surface area contributed by atoms with Gasteiger partial charge in [-0.1, -0.05) is 35.9 Å². The molecular weight excluding hydrogens is 348 g/mol. The molecular formula is C16H17BrN2O3. The summed E-state index contributed by atoms with van der Waals surface area (Å²) in [5, 5.41) is 9.82. The van der Waals surface area contributed by atoms with Crippen LogP contribution in [0.25, 0.3) is 12.2 Å². The molecule has 2 rings (SSSR count). The Morgan fingerprint density at radius 1 is 1.32 bits per heavy atom. The zero-order chi connectivity index (χ0) is 16.3. The number of nitrogens with zero attached hydrogens (tertiary/aromatic N) is 1. The number of hydrogen-bond acceptors (Lipinski definition) is 4. The first-order valence-electron chi connectivity index (χ1n) is 6.76. The minimum absolute atomic E-state index is 0.0482. The van der Waals surface area contributed by atoms with Crippen LogP contribution in [0.3, 0.4) is 0 Å². The van der Waals surface area contributed by atoms with Crippen molar-refractivity contribution < 1.29 is 9.84 Å². The summed E-state index contributed by atoms with van der Waals surface area (Å²) < 4.78 is 5.81. The highest BCUT2D eigenvalue weighted by Gasteiger charge is 2.07. The molecule has 0 aliphatic heterocycles. The van der Waals surface area contributed by atoms with Gasteiger partial charge in [0.1, 0.15) is 5.82 Å². The highest BCUT2D eigenvalue weighted by Crippen LogP contribution is 2.33. The second-order valence-corrected chi connectivity index (χ2v) is 5.94. The normalized spacial score (nSPS) is 11.3. The number of H-pyrrole nitrogens is 1. The molecule has 6 heteroatoms. The maximum atomic E-state index is 11.6. The molecule has 0 fully saturated rings. The molecule has 2 N–H and O–H groups in total. The lowest BCUT2D eigenvalue weighted by atomic mass is 10.1. The van der Waals surface area contributed by atoms with Crippen LogP contribution in [0.15, 0.2) is 27.5 Å². The summed E-state index contributed by atoms with van der Waals surface area (Å²) in [6.45, 7) is 3.92. The number of methoxy groups -OCH3 is 1. The third-order valence-electron chi connectivity index (χ3n) is 3.06. The summed E-state index contributed by atoms with van der Waals surface area (Å²) in [6.07, 6.45) is 3.50. The van der Waals surface area contributed by atoms with E-state index >= 15 is 0 Å². The topological polar surface area (TPSA) is 75.2 Å². The minimum Gasteiger partial charge on any atom is -0.504 e. The fourth-order valence-corrected chi connectivity index (χ4v) is 2.34. The zero-order valence-electron chi connectivity index (χ0n) is 12.6. The van der Waals surface area contributed by atoms with Gasteiger partial charge < -0.3 is 14.8 Å². The van der Waals surface area contributed by atoms with Crippen LogP contribution in [-0.4, -0.2) is 22.2 Å². The van der Waals surface area contributed by atoms with Crippen LogP contribution in [0.1, 0.15) is 36.8 Å². The zero-order valence-corrected chi connectivity index (χ0v) is 14.1. The summed E-state index contributed by atoms with van der Waals surface area (Å²) in [5.41, 5.74) is 1.14. The lowest BCUT2D eigenvalue weighted by Gasteiger charge is -2.07. The van der Waals surface area contributed by atoms with Gasteiger partial charge in [0, 0.05) is 16.5 Å². The van der Waals surface area contributed by atoms with E-state index in [9.17, 15) is 9.90 Å². The molecule has 0 unspecified atom stereocenters. The first-order valence-corrected chi connectivity index (χ1v) is 7.56. The Morgan fingerprint density at radius 3 is 2.68 bits per heavy atom. The number of aromatic hydroxyl groups is 1. The van der Waals surface area contributed by atoms with Crippen molar-refractivity contribution in [2.45, 2.75) is 19.8 Å². The largest absolute Gasteiger partial charge is 0.504 e. The standard InChI is InChI=1S/C16H17BrN2O3/c1-9(2)16-18-11(7-15(21)19-16)5-4-10-6-13(20)14(22-3)8-12(10)17/h4-9,20H,1-3H3,(H,18,19,21)/b5-4+. The van der Waals surface area contributed by atoms with Gasteiger partial charge in [0.2, 0.25) is 0 Å². The quantitative estimate of drug-likeness (QED) is 0.869. The van der Waals surface area contributed by atoms with E-state index in [1.165, 1.54) is 13.2 Å². The molecule has 0 aliphatic rings. The molecule has 0 saturated carbocycles. The van der Waals surface area contributed by atoms with E-state index in [1.807, 2.05) is 13.8 Å². The van der Waals surface area contributed by atoms with E-state index in [2.05, 4.69) is 25.9 Å². The van der Waals surface area contributed by atoms with E-state index in [0.29, 0.717) is 17.3 Å². The molecule has 1 aromatic heterocycles. The average molecular weight is 365 g/mol. The van der Waals surface area contributed by atoms with Crippen molar-refractivity contribution in [3.8, 4) is 11.5 Å². The smallest absolute Gasteiger partial charge is 0.251 e. The van der Waals surface area contributed by atoms with Gasteiger partial charge in [0.15, 0.2) is 11.5 Å². The number of rotatable bonds is 4. The van der Waals surface area contributed by atoms with Crippen molar-refractivity contribution >= 4 is 28.1 Å². The van der Waals surface area contributed by atoms with Crippen molar-refractivity contribution in [3.63, 3.8) is 0 Å². The summed E-state index contributed by atoms with van der Waals surface area (Å²) >= 11 is 3.42. The van der Waals surface area contributed by atoms with Gasteiger partial charge >= 0.3 is 0 Å². The molecule has 0 amide bonds. The van der Waals surface area contributed by atoms with E-state index < -0.39 is 0 Å². The Balaban J connectivity index is 2.37. The molecule has 0 spiro atoms. The van der Waals surface area contributed by atoms with Crippen molar-refractivity contribution in [1.29, 1.82) is 0 Å². The van der Waals surface area contributed by atoms with Gasteiger partial charge in [-0.3, -0.25) is 4.79 Å². The Hall–Kier alpha value is -2.08. The number of halogens is 1. The Kier molecular flexibility index (Phi) is 5.03. The van der Waals surface area contributed by atoms with Crippen LogP contribution in [-0.2, 0) is 0 Å². The van der Waals surface area contributed by atoms with Crippen LogP contribution in [0.2, 0.25) is 0 Å². The fourth-order valence-electron chi connectivity index (χ4n) is 1.88. The SMILES string of the molecule is COc1cc(Br)c(/C=C/c2cc(=O)[nH]c(C(C)C)n2)cc1O. The molecule has 1 aromatic carbocycles. The average Bonchev–Trinajstić information content (AvgIpc) is 2.47. The second kappa shape index (κ2) is 6.79. The number of aromatic nitrogens is 2. The maximum absolute atomic E-state index is 11.6. The molecule has 0 atom stereocenters. The number of nitrogens with one attached hydrogen (secondary N) is 1. The molecule has 22 heavy (non-hydrogen) atoms. The van der Waals surface area contributed by atoms with Gasteiger partial charge in [-0.15, -0.1) is 0 Å². The molecule has 1 heterocycles. The summed E-state index contributed by atoms with van der Waals surface area (Å²) in [5.74, 6) is 1.22. The van der Waals surface area contributed by atoms with Gasteiger partial charge in [-0.05, 0) is 23.8 Å². The van der Waals surface area contributed by atoms with Crippen molar-refractivity contribution in [1.82, 2.24) is 9.97 Å². The van der Waals surface area contributed by atoms with E-state index in [4.69, 9.17) is 4.74 Å². The van der Waals surface area contributed by atoms with E-state index in [-0.39, 0.29) is 17.2 Å². The van der Waals surface area contributed by atoms with Gasteiger partial charge in [0.05, 0.1) is 12.8 Å². The monoisotopic (exact) mass is 364 g/mol.